The Morgan fingerprint density at radius 1 is 1.05 bits per heavy atom. The van der Waals surface area contributed by atoms with E-state index in [1.54, 1.807) is 14.0 Å². The number of alkyl halides is 3. The Morgan fingerprint density at radius 2 is 1.79 bits per heavy atom. The zero-order valence-electron chi connectivity index (χ0n) is 24.0. The molecule has 0 spiro atoms. The normalized spacial score (nSPS) is 23.3. The van der Waals surface area contributed by atoms with Crippen molar-refractivity contribution in [1.82, 2.24) is 25.4 Å². The number of likely N-dealkylation sites (N-methyl/N-ethyl adjacent to an activating group) is 1. The molecule has 1 saturated carbocycles. The van der Waals surface area contributed by atoms with E-state index in [9.17, 15) is 27.6 Å². The lowest BCUT2D eigenvalue weighted by Crippen LogP contribution is -2.60. The molecule has 3 aliphatic rings. The number of nitrogens with one attached hydrogen (secondary N) is 2. The van der Waals surface area contributed by atoms with Gasteiger partial charge in [0.2, 0.25) is 17.6 Å². The van der Waals surface area contributed by atoms with Gasteiger partial charge in [0.1, 0.15) is 16.7 Å². The Kier molecular flexibility index (Phi) is 9.34. The number of amides is 2. The molecule has 12 heteroatoms. The molecule has 1 aromatic heterocycles. The molecule has 2 amide bonds. The minimum Gasteiger partial charge on any atom is -0.343 e. The average molecular weight is 606 g/mol. The summed E-state index contributed by atoms with van der Waals surface area (Å²) in [5, 5.41) is 7.99. The number of rotatable bonds is 8. The SMILES string of the molecule is CN[C@@H](C)C(=O)N[C@H](C(=O)N1C[C@H]2CCCN2C[C@H]1c1nc(C(=O)c2ccccc2C(F)(F)F)cs1)C1CCCCC1. The van der Waals surface area contributed by atoms with Crippen molar-refractivity contribution < 1.29 is 27.6 Å². The van der Waals surface area contributed by atoms with E-state index < -0.39 is 41.2 Å². The van der Waals surface area contributed by atoms with Crippen molar-refractivity contribution in [3.63, 3.8) is 0 Å². The number of benzene rings is 1. The summed E-state index contributed by atoms with van der Waals surface area (Å²) in [7, 11) is 1.70. The van der Waals surface area contributed by atoms with Gasteiger partial charge in [-0.2, -0.15) is 13.2 Å². The standard InChI is InChI=1S/C30H38F3N5O3S/c1-18(34-2)27(40)36-25(19-9-4-3-5-10-19)29(41)38-15-20-11-8-14-37(20)16-24(38)28-35-23(17-42-28)26(39)21-12-6-7-13-22(21)30(31,32)33/h6-7,12-13,17-20,24-25,34H,3-5,8-11,14-16H2,1-2H3,(H,36,40)/t18-,20+,24-,25-/m0/s1. The molecule has 3 fully saturated rings. The summed E-state index contributed by atoms with van der Waals surface area (Å²) in [4.78, 5) is 49.3. The summed E-state index contributed by atoms with van der Waals surface area (Å²) in [6.45, 7) is 3.64. The van der Waals surface area contributed by atoms with Crippen LogP contribution < -0.4 is 10.6 Å². The molecule has 1 aromatic carbocycles. The number of halogens is 3. The predicted octanol–water partition coefficient (Wildman–Crippen LogP) is 4.41. The average Bonchev–Trinajstić information content (AvgIpc) is 3.68. The number of hydrogen-bond acceptors (Lipinski definition) is 7. The highest BCUT2D eigenvalue weighted by molar-refractivity contribution is 7.10. The largest absolute Gasteiger partial charge is 0.417 e. The molecule has 2 N–H and O–H groups in total. The van der Waals surface area contributed by atoms with Gasteiger partial charge in [0.05, 0.1) is 17.6 Å². The summed E-state index contributed by atoms with van der Waals surface area (Å²) in [5.41, 5.74) is -1.51. The zero-order chi connectivity index (χ0) is 30.0. The molecule has 228 valence electrons. The van der Waals surface area contributed by atoms with E-state index in [1.165, 1.54) is 34.9 Å². The van der Waals surface area contributed by atoms with E-state index in [0.717, 1.165) is 57.6 Å². The van der Waals surface area contributed by atoms with E-state index in [-0.39, 0.29) is 29.5 Å². The maximum absolute atomic E-state index is 14.4. The molecule has 0 unspecified atom stereocenters. The van der Waals surface area contributed by atoms with Crippen LogP contribution in [0.4, 0.5) is 13.2 Å². The second-order valence-corrected chi connectivity index (χ2v) is 12.5. The van der Waals surface area contributed by atoms with Crippen LogP contribution in [0.2, 0.25) is 0 Å². The summed E-state index contributed by atoms with van der Waals surface area (Å²) in [5.74, 6) is -1.16. The number of aromatic nitrogens is 1. The van der Waals surface area contributed by atoms with Gasteiger partial charge >= 0.3 is 6.18 Å². The first-order valence-corrected chi connectivity index (χ1v) is 15.6. The van der Waals surface area contributed by atoms with Crippen LogP contribution in [0.1, 0.15) is 84.5 Å². The maximum atomic E-state index is 14.4. The topological polar surface area (TPSA) is 94.6 Å². The van der Waals surface area contributed by atoms with Gasteiger partial charge in [0.15, 0.2) is 0 Å². The lowest BCUT2D eigenvalue weighted by Gasteiger charge is -2.45. The smallest absolute Gasteiger partial charge is 0.343 e. The Morgan fingerprint density at radius 3 is 2.50 bits per heavy atom. The Bertz CT molecular complexity index is 1290. The minimum absolute atomic E-state index is 0.0221. The number of piperazine rings is 1. The van der Waals surface area contributed by atoms with Gasteiger partial charge in [-0.05, 0) is 58.2 Å². The van der Waals surface area contributed by atoms with Crippen molar-refractivity contribution in [3.05, 3.63) is 51.5 Å². The lowest BCUT2D eigenvalue weighted by molar-refractivity contribution is -0.144. The van der Waals surface area contributed by atoms with E-state index in [1.807, 2.05) is 4.90 Å². The van der Waals surface area contributed by atoms with Gasteiger partial charge in [-0.3, -0.25) is 19.3 Å². The quantitative estimate of drug-likeness (QED) is 0.433. The van der Waals surface area contributed by atoms with Crippen LogP contribution in [-0.4, -0.2) is 77.2 Å². The predicted molar refractivity (Wildman–Crippen MR) is 153 cm³/mol. The summed E-state index contributed by atoms with van der Waals surface area (Å²) >= 11 is 1.19. The number of hydrogen-bond donors (Lipinski definition) is 2. The van der Waals surface area contributed by atoms with Crippen molar-refractivity contribution in [2.45, 2.75) is 82.2 Å². The van der Waals surface area contributed by atoms with Crippen LogP contribution in [0.3, 0.4) is 0 Å². The molecule has 0 radical (unpaired) electrons. The third kappa shape index (κ3) is 6.40. The van der Waals surface area contributed by atoms with Crippen molar-refractivity contribution in [2.75, 3.05) is 26.7 Å². The molecule has 3 heterocycles. The molecular weight excluding hydrogens is 567 g/mol. The van der Waals surface area contributed by atoms with Crippen LogP contribution in [0, 0.1) is 5.92 Å². The molecular formula is C30H38F3N5O3S. The number of fused-ring (bicyclic) bond motifs is 1. The van der Waals surface area contributed by atoms with Gasteiger partial charge < -0.3 is 15.5 Å². The second-order valence-electron chi connectivity index (χ2n) is 11.6. The van der Waals surface area contributed by atoms with Crippen LogP contribution in [-0.2, 0) is 15.8 Å². The third-order valence-corrected chi connectivity index (χ3v) is 9.95. The number of carbonyl (C=O) groups is 3. The van der Waals surface area contributed by atoms with Gasteiger partial charge in [-0.25, -0.2) is 4.98 Å². The van der Waals surface area contributed by atoms with Crippen molar-refractivity contribution in [3.8, 4) is 0 Å². The van der Waals surface area contributed by atoms with E-state index in [2.05, 4.69) is 20.5 Å². The fraction of sp³-hybridized carbons (Fsp3) is 0.600. The Hall–Kier alpha value is -2.83. The monoisotopic (exact) mass is 605 g/mol. The van der Waals surface area contributed by atoms with Crippen molar-refractivity contribution in [1.29, 1.82) is 0 Å². The molecule has 2 aromatic rings. The fourth-order valence-electron chi connectivity index (χ4n) is 6.52. The van der Waals surface area contributed by atoms with Crippen LogP contribution in [0.25, 0.3) is 0 Å². The molecule has 42 heavy (non-hydrogen) atoms. The number of carbonyl (C=O) groups excluding carboxylic acids is 3. The maximum Gasteiger partial charge on any atom is 0.417 e. The molecule has 2 aliphatic heterocycles. The third-order valence-electron chi connectivity index (χ3n) is 9.00. The number of nitrogens with zero attached hydrogens (tertiary/aromatic N) is 3. The van der Waals surface area contributed by atoms with E-state index >= 15 is 0 Å². The first-order valence-electron chi connectivity index (χ1n) is 14.8. The summed E-state index contributed by atoms with van der Waals surface area (Å²) < 4.78 is 40.9. The summed E-state index contributed by atoms with van der Waals surface area (Å²) in [6, 6.07) is 3.30. The number of ketones is 1. The highest BCUT2D eigenvalue weighted by Crippen LogP contribution is 2.37. The number of thiazole rings is 1. The Labute approximate surface area is 248 Å². The van der Waals surface area contributed by atoms with Gasteiger partial charge in [-0.15, -0.1) is 11.3 Å². The van der Waals surface area contributed by atoms with Crippen LogP contribution in [0.15, 0.2) is 29.6 Å². The lowest BCUT2D eigenvalue weighted by atomic mass is 9.82. The molecule has 8 nitrogen and oxygen atoms in total. The molecule has 5 rings (SSSR count). The van der Waals surface area contributed by atoms with E-state index in [0.29, 0.717) is 18.1 Å². The van der Waals surface area contributed by atoms with Gasteiger partial charge in [-0.1, -0.05) is 37.5 Å². The molecule has 2 saturated heterocycles. The fourth-order valence-corrected chi connectivity index (χ4v) is 7.42. The summed E-state index contributed by atoms with van der Waals surface area (Å²) in [6.07, 6.45) is 2.12. The highest BCUT2D eigenvalue weighted by atomic mass is 32.1. The highest BCUT2D eigenvalue weighted by Gasteiger charge is 2.44. The Balaban J connectivity index is 1.45. The van der Waals surface area contributed by atoms with Crippen LogP contribution >= 0.6 is 11.3 Å². The first-order chi connectivity index (χ1) is 20.1. The molecule has 1 aliphatic carbocycles. The van der Waals surface area contributed by atoms with Crippen LogP contribution in [0.5, 0.6) is 0 Å². The molecule has 0 bridgehead atoms. The minimum atomic E-state index is -4.67. The zero-order valence-corrected chi connectivity index (χ0v) is 24.8. The van der Waals surface area contributed by atoms with Crippen molar-refractivity contribution in [2.24, 2.45) is 5.92 Å². The van der Waals surface area contributed by atoms with Crippen molar-refractivity contribution >= 4 is 28.9 Å². The second kappa shape index (κ2) is 12.8. The van der Waals surface area contributed by atoms with Gasteiger partial charge in [0, 0.05) is 30.1 Å². The first kappa shape index (κ1) is 30.6. The molecule has 4 atom stereocenters. The van der Waals surface area contributed by atoms with E-state index in [4.69, 9.17) is 0 Å². The van der Waals surface area contributed by atoms with Gasteiger partial charge in [0.25, 0.3) is 0 Å².